The molecule has 0 unspecified atom stereocenters. The summed E-state index contributed by atoms with van der Waals surface area (Å²) in [5, 5.41) is 4.01. The molecular weight excluding hydrogens is 232 g/mol. The largest absolute Gasteiger partial charge is 0.496 e. The SMILES string of the molecule is COc1ccc(Cn2ncn(C)c2=O)cc1CN. The number of nitrogens with two attached hydrogens (primary N) is 1. The van der Waals surface area contributed by atoms with Crippen LogP contribution in [-0.4, -0.2) is 21.5 Å². The average Bonchev–Trinajstić information content (AvgIpc) is 2.70. The van der Waals surface area contributed by atoms with Gasteiger partial charge in [-0.25, -0.2) is 9.48 Å². The van der Waals surface area contributed by atoms with Gasteiger partial charge in [-0.05, 0) is 17.7 Å². The Kier molecular flexibility index (Phi) is 3.47. The van der Waals surface area contributed by atoms with Gasteiger partial charge in [0.2, 0.25) is 0 Å². The summed E-state index contributed by atoms with van der Waals surface area (Å²) in [6.07, 6.45) is 1.50. The Morgan fingerprint density at radius 2 is 2.22 bits per heavy atom. The molecule has 0 aliphatic heterocycles. The molecule has 6 heteroatoms. The van der Waals surface area contributed by atoms with Gasteiger partial charge in [-0.2, -0.15) is 5.10 Å². The Morgan fingerprint density at radius 3 is 2.78 bits per heavy atom. The van der Waals surface area contributed by atoms with Gasteiger partial charge in [0, 0.05) is 19.2 Å². The van der Waals surface area contributed by atoms with Crippen LogP contribution in [0.25, 0.3) is 0 Å². The maximum Gasteiger partial charge on any atom is 0.345 e. The molecular formula is C12H16N4O2. The summed E-state index contributed by atoms with van der Waals surface area (Å²) in [4.78, 5) is 11.7. The maximum absolute atomic E-state index is 11.7. The summed E-state index contributed by atoms with van der Waals surface area (Å²) in [5.74, 6) is 0.759. The lowest BCUT2D eigenvalue weighted by atomic mass is 10.1. The minimum atomic E-state index is -0.139. The highest BCUT2D eigenvalue weighted by molar-refractivity contribution is 5.37. The zero-order valence-corrected chi connectivity index (χ0v) is 10.5. The third-order valence-electron chi connectivity index (χ3n) is 2.78. The number of nitrogens with zero attached hydrogens (tertiary/aromatic N) is 3. The van der Waals surface area contributed by atoms with E-state index in [2.05, 4.69) is 5.10 Å². The van der Waals surface area contributed by atoms with Crippen LogP contribution in [0.5, 0.6) is 5.75 Å². The Labute approximate surface area is 105 Å². The van der Waals surface area contributed by atoms with Crippen molar-refractivity contribution >= 4 is 0 Å². The van der Waals surface area contributed by atoms with E-state index in [1.54, 1.807) is 14.2 Å². The molecule has 0 bridgehead atoms. The topological polar surface area (TPSA) is 75.1 Å². The van der Waals surface area contributed by atoms with E-state index in [0.29, 0.717) is 13.1 Å². The zero-order chi connectivity index (χ0) is 13.1. The van der Waals surface area contributed by atoms with Crippen molar-refractivity contribution in [2.24, 2.45) is 12.8 Å². The summed E-state index contributed by atoms with van der Waals surface area (Å²) in [6.45, 7) is 0.824. The fourth-order valence-corrected chi connectivity index (χ4v) is 1.79. The van der Waals surface area contributed by atoms with E-state index in [1.807, 2.05) is 18.2 Å². The second kappa shape index (κ2) is 5.05. The molecule has 1 aromatic heterocycles. The number of methoxy groups -OCH3 is 1. The molecule has 18 heavy (non-hydrogen) atoms. The quantitative estimate of drug-likeness (QED) is 0.832. The normalized spacial score (nSPS) is 10.6. The molecule has 2 rings (SSSR count). The van der Waals surface area contributed by atoms with Crippen LogP contribution >= 0.6 is 0 Å². The highest BCUT2D eigenvalue weighted by Crippen LogP contribution is 2.19. The van der Waals surface area contributed by atoms with Crippen LogP contribution in [0.2, 0.25) is 0 Å². The van der Waals surface area contributed by atoms with Crippen LogP contribution in [0.4, 0.5) is 0 Å². The average molecular weight is 248 g/mol. The number of hydrogen-bond donors (Lipinski definition) is 1. The first kappa shape index (κ1) is 12.4. The van der Waals surface area contributed by atoms with Gasteiger partial charge in [-0.15, -0.1) is 0 Å². The standard InChI is InChI=1S/C12H16N4O2/c1-15-8-14-16(12(15)17)7-9-3-4-11(18-2)10(5-9)6-13/h3-5,8H,6-7,13H2,1-2H3. The Balaban J connectivity index is 2.30. The lowest BCUT2D eigenvalue weighted by Gasteiger charge is -2.08. The van der Waals surface area contributed by atoms with Crippen molar-refractivity contribution in [1.29, 1.82) is 0 Å². The fourth-order valence-electron chi connectivity index (χ4n) is 1.79. The first-order chi connectivity index (χ1) is 8.65. The van der Waals surface area contributed by atoms with Gasteiger partial charge < -0.3 is 10.5 Å². The number of ether oxygens (including phenoxy) is 1. The van der Waals surface area contributed by atoms with Crippen LogP contribution in [0.15, 0.2) is 29.3 Å². The lowest BCUT2D eigenvalue weighted by Crippen LogP contribution is -2.23. The van der Waals surface area contributed by atoms with Crippen molar-refractivity contribution in [2.45, 2.75) is 13.1 Å². The van der Waals surface area contributed by atoms with Crippen LogP contribution < -0.4 is 16.2 Å². The molecule has 0 aliphatic carbocycles. The van der Waals surface area contributed by atoms with Crippen molar-refractivity contribution in [3.8, 4) is 5.75 Å². The third-order valence-corrected chi connectivity index (χ3v) is 2.78. The maximum atomic E-state index is 11.7. The number of benzene rings is 1. The molecule has 1 heterocycles. The number of aryl methyl sites for hydroxylation is 1. The number of rotatable bonds is 4. The summed E-state index contributed by atoms with van der Waals surface area (Å²) in [6, 6.07) is 5.69. The molecule has 1 aromatic carbocycles. The summed E-state index contributed by atoms with van der Waals surface area (Å²) >= 11 is 0. The first-order valence-electron chi connectivity index (χ1n) is 5.60. The second-order valence-corrected chi connectivity index (χ2v) is 4.03. The number of aromatic nitrogens is 3. The highest BCUT2D eigenvalue weighted by Gasteiger charge is 2.06. The van der Waals surface area contributed by atoms with Gasteiger partial charge in [0.15, 0.2) is 0 Å². The molecule has 0 saturated heterocycles. The number of hydrogen-bond acceptors (Lipinski definition) is 4. The summed E-state index contributed by atoms with van der Waals surface area (Å²) in [5.41, 5.74) is 7.40. The van der Waals surface area contributed by atoms with E-state index < -0.39 is 0 Å². The van der Waals surface area contributed by atoms with Crippen LogP contribution in [0.3, 0.4) is 0 Å². The smallest absolute Gasteiger partial charge is 0.345 e. The lowest BCUT2D eigenvalue weighted by molar-refractivity contribution is 0.409. The van der Waals surface area contributed by atoms with Crippen molar-refractivity contribution in [3.63, 3.8) is 0 Å². The van der Waals surface area contributed by atoms with Crippen LogP contribution in [0.1, 0.15) is 11.1 Å². The second-order valence-electron chi connectivity index (χ2n) is 4.03. The van der Waals surface area contributed by atoms with E-state index in [-0.39, 0.29) is 5.69 Å². The predicted octanol–water partition coefficient (Wildman–Crippen LogP) is 0.0974. The first-order valence-corrected chi connectivity index (χ1v) is 5.60. The zero-order valence-electron chi connectivity index (χ0n) is 10.5. The summed E-state index contributed by atoms with van der Waals surface area (Å²) < 4.78 is 8.04. The van der Waals surface area contributed by atoms with E-state index in [4.69, 9.17) is 10.5 Å². The highest BCUT2D eigenvalue weighted by atomic mass is 16.5. The van der Waals surface area contributed by atoms with Gasteiger partial charge in [0.1, 0.15) is 12.1 Å². The molecule has 2 N–H and O–H groups in total. The molecule has 96 valence electrons. The van der Waals surface area contributed by atoms with E-state index in [9.17, 15) is 4.79 Å². The molecule has 6 nitrogen and oxygen atoms in total. The van der Waals surface area contributed by atoms with Gasteiger partial charge in [0.05, 0.1) is 13.7 Å². The Morgan fingerprint density at radius 1 is 1.44 bits per heavy atom. The predicted molar refractivity (Wildman–Crippen MR) is 67.5 cm³/mol. The monoisotopic (exact) mass is 248 g/mol. The molecule has 0 amide bonds. The van der Waals surface area contributed by atoms with Crippen molar-refractivity contribution in [2.75, 3.05) is 7.11 Å². The van der Waals surface area contributed by atoms with Crippen LogP contribution in [-0.2, 0) is 20.1 Å². The van der Waals surface area contributed by atoms with Gasteiger partial charge in [-0.3, -0.25) is 4.57 Å². The van der Waals surface area contributed by atoms with Gasteiger partial charge >= 0.3 is 5.69 Å². The summed E-state index contributed by atoms with van der Waals surface area (Å²) in [7, 11) is 3.28. The van der Waals surface area contributed by atoms with Crippen molar-refractivity contribution < 1.29 is 4.74 Å². The van der Waals surface area contributed by atoms with E-state index in [0.717, 1.165) is 16.9 Å². The third kappa shape index (κ3) is 2.28. The van der Waals surface area contributed by atoms with Crippen molar-refractivity contribution in [1.82, 2.24) is 14.3 Å². The molecule has 0 radical (unpaired) electrons. The molecule has 2 aromatic rings. The van der Waals surface area contributed by atoms with Crippen molar-refractivity contribution in [3.05, 3.63) is 46.1 Å². The molecule has 0 spiro atoms. The van der Waals surface area contributed by atoms with E-state index in [1.165, 1.54) is 15.6 Å². The Hall–Kier alpha value is -2.08. The Bertz CT molecular complexity index is 600. The molecule has 0 atom stereocenters. The van der Waals surface area contributed by atoms with Gasteiger partial charge in [-0.1, -0.05) is 6.07 Å². The van der Waals surface area contributed by atoms with Gasteiger partial charge in [0.25, 0.3) is 0 Å². The minimum absolute atomic E-state index is 0.139. The van der Waals surface area contributed by atoms with Crippen LogP contribution in [0, 0.1) is 0 Å². The molecule has 0 aliphatic rings. The molecule has 0 saturated carbocycles. The molecule has 0 fully saturated rings. The van der Waals surface area contributed by atoms with E-state index >= 15 is 0 Å². The fraction of sp³-hybridized carbons (Fsp3) is 0.333. The minimum Gasteiger partial charge on any atom is -0.496 e.